The van der Waals surface area contributed by atoms with Crippen LogP contribution in [0.25, 0.3) is 0 Å². The Bertz CT molecular complexity index is 980. The number of benzene rings is 1. The van der Waals surface area contributed by atoms with Crippen molar-refractivity contribution in [2.45, 2.75) is 19.0 Å². The van der Waals surface area contributed by atoms with Crippen LogP contribution in [0.1, 0.15) is 21.7 Å². The third-order valence-electron chi connectivity index (χ3n) is 6.02. The van der Waals surface area contributed by atoms with E-state index in [1.807, 2.05) is 29.2 Å². The van der Waals surface area contributed by atoms with E-state index in [0.717, 1.165) is 11.1 Å². The normalized spacial score (nSPS) is 18.7. The number of nitrogens with zero attached hydrogens (tertiary/aromatic N) is 3. The molecule has 1 aromatic carbocycles. The Balaban J connectivity index is 1.44. The molecule has 8 nitrogen and oxygen atoms in total. The van der Waals surface area contributed by atoms with Gasteiger partial charge in [0.1, 0.15) is 6.04 Å². The first-order chi connectivity index (χ1) is 15.6. The molecule has 168 valence electrons. The van der Waals surface area contributed by atoms with E-state index in [1.165, 1.54) is 6.26 Å². The fourth-order valence-electron chi connectivity index (χ4n) is 4.28. The third-order valence-corrected chi connectivity index (χ3v) is 6.02. The number of carbonyl (C=O) groups is 3. The van der Waals surface area contributed by atoms with E-state index in [9.17, 15) is 14.4 Å². The lowest BCUT2D eigenvalue weighted by molar-refractivity contribution is -0.138. The number of furan rings is 1. The van der Waals surface area contributed by atoms with Crippen LogP contribution in [-0.2, 0) is 22.6 Å². The molecule has 1 aromatic heterocycles. The van der Waals surface area contributed by atoms with Gasteiger partial charge in [-0.15, -0.1) is 6.58 Å². The fraction of sp³-hybridized carbons (Fsp3) is 0.375. The van der Waals surface area contributed by atoms with Crippen molar-refractivity contribution in [1.82, 2.24) is 20.0 Å². The molecule has 1 saturated heterocycles. The summed E-state index contributed by atoms with van der Waals surface area (Å²) in [6, 6.07) is 10.6. The van der Waals surface area contributed by atoms with E-state index in [0.29, 0.717) is 52.2 Å². The summed E-state index contributed by atoms with van der Waals surface area (Å²) >= 11 is 0. The molecule has 1 unspecified atom stereocenters. The number of nitrogens with one attached hydrogen (secondary N) is 1. The van der Waals surface area contributed by atoms with Crippen molar-refractivity contribution < 1.29 is 18.8 Å². The minimum absolute atomic E-state index is 0.0521. The van der Waals surface area contributed by atoms with Crippen LogP contribution in [0, 0.1) is 0 Å². The molecular formula is C24H28N4O4. The molecule has 0 aliphatic carbocycles. The first kappa shape index (κ1) is 21.8. The Labute approximate surface area is 187 Å². The summed E-state index contributed by atoms with van der Waals surface area (Å²) in [5.74, 6) is -0.156. The summed E-state index contributed by atoms with van der Waals surface area (Å²) in [6.45, 7) is 6.98. The average molecular weight is 437 g/mol. The lowest BCUT2D eigenvalue weighted by Crippen LogP contribution is -2.58. The minimum atomic E-state index is -0.579. The zero-order valence-corrected chi connectivity index (χ0v) is 18.0. The van der Waals surface area contributed by atoms with Crippen LogP contribution >= 0.6 is 0 Å². The van der Waals surface area contributed by atoms with Gasteiger partial charge in [-0.2, -0.15) is 0 Å². The van der Waals surface area contributed by atoms with Crippen LogP contribution in [-0.4, -0.2) is 77.7 Å². The van der Waals surface area contributed by atoms with Gasteiger partial charge in [0.05, 0.1) is 12.8 Å². The van der Waals surface area contributed by atoms with Crippen molar-refractivity contribution in [2.24, 2.45) is 0 Å². The molecule has 0 bridgehead atoms. The molecule has 2 aliphatic heterocycles. The van der Waals surface area contributed by atoms with Crippen LogP contribution in [0.4, 0.5) is 0 Å². The van der Waals surface area contributed by atoms with Gasteiger partial charge in [0.15, 0.2) is 5.76 Å². The minimum Gasteiger partial charge on any atom is -0.459 e. The quantitative estimate of drug-likeness (QED) is 0.690. The predicted octanol–water partition coefficient (Wildman–Crippen LogP) is 1.29. The predicted molar refractivity (Wildman–Crippen MR) is 119 cm³/mol. The maximum atomic E-state index is 13.5. The number of rotatable bonds is 6. The van der Waals surface area contributed by atoms with Gasteiger partial charge in [-0.25, -0.2) is 0 Å². The number of piperazine rings is 1. The lowest BCUT2D eigenvalue weighted by atomic mass is 9.92. The second kappa shape index (κ2) is 9.82. The summed E-state index contributed by atoms with van der Waals surface area (Å²) < 4.78 is 5.32. The Hall–Kier alpha value is -3.39. The topological polar surface area (TPSA) is 86.1 Å². The van der Waals surface area contributed by atoms with Gasteiger partial charge >= 0.3 is 0 Å². The standard InChI is InChI=1S/C24H28N4O4/c1-2-9-25-22(29)17-26-10-12-27(13-11-26)23(30)20-15-18-6-3-4-7-19(18)16-28(20)24(31)21-8-5-14-32-21/h2-8,14,20H,1,9-13,15-17H2,(H,25,29). The van der Waals surface area contributed by atoms with Crippen molar-refractivity contribution in [3.8, 4) is 0 Å². The molecule has 0 radical (unpaired) electrons. The van der Waals surface area contributed by atoms with Crippen LogP contribution in [0.2, 0.25) is 0 Å². The maximum Gasteiger partial charge on any atom is 0.290 e. The van der Waals surface area contributed by atoms with Gasteiger partial charge in [0.25, 0.3) is 5.91 Å². The number of carbonyl (C=O) groups excluding carboxylic acids is 3. The molecule has 1 N–H and O–H groups in total. The molecule has 0 spiro atoms. The zero-order valence-electron chi connectivity index (χ0n) is 18.0. The average Bonchev–Trinajstić information content (AvgIpc) is 3.36. The molecule has 3 amide bonds. The molecule has 2 aliphatic rings. The molecule has 1 atom stereocenters. The Morgan fingerprint density at radius 1 is 1.06 bits per heavy atom. The monoisotopic (exact) mass is 436 g/mol. The van der Waals surface area contributed by atoms with Gasteiger partial charge in [-0.3, -0.25) is 19.3 Å². The third kappa shape index (κ3) is 4.75. The fourth-order valence-corrected chi connectivity index (χ4v) is 4.28. The number of hydrogen-bond acceptors (Lipinski definition) is 5. The summed E-state index contributed by atoms with van der Waals surface area (Å²) in [4.78, 5) is 44.0. The van der Waals surface area contributed by atoms with Crippen molar-refractivity contribution in [3.05, 3.63) is 72.2 Å². The van der Waals surface area contributed by atoms with Crippen molar-refractivity contribution >= 4 is 17.7 Å². The number of fused-ring (bicyclic) bond motifs is 1. The highest BCUT2D eigenvalue weighted by molar-refractivity contribution is 5.96. The Kier molecular flexibility index (Phi) is 6.70. The molecular weight excluding hydrogens is 408 g/mol. The van der Waals surface area contributed by atoms with E-state index >= 15 is 0 Å². The SMILES string of the molecule is C=CCNC(=O)CN1CCN(C(=O)C2Cc3ccccc3CN2C(=O)c2ccco2)CC1. The van der Waals surface area contributed by atoms with E-state index in [1.54, 1.807) is 28.0 Å². The Morgan fingerprint density at radius 3 is 2.50 bits per heavy atom. The molecule has 3 heterocycles. The molecule has 0 saturated carbocycles. The van der Waals surface area contributed by atoms with Gasteiger partial charge < -0.3 is 19.5 Å². The summed E-state index contributed by atoms with van der Waals surface area (Å²) in [5.41, 5.74) is 2.14. The smallest absolute Gasteiger partial charge is 0.290 e. The number of amides is 3. The Morgan fingerprint density at radius 2 is 1.81 bits per heavy atom. The van der Waals surface area contributed by atoms with Crippen LogP contribution in [0.15, 0.2) is 59.7 Å². The van der Waals surface area contributed by atoms with Gasteiger partial charge in [-0.1, -0.05) is 30.3 Å². The lowest BCUT2D eigenvalue weighted by Gasteiger charge is -2.41. The van der Waals surface area contributed by atoms with Gasteiger partial charge in [-0.05, 0) is 23.3 Å². The molecule has 2 aromatic rings. The maximum absolute atomic E-state index is 13.5. The van der Waals surface area contributed by atoms with Crippen molar-refractivity contribution in [1.29, 1.82) is 0 Å². The van der Waals surface area contributed by atoms with Crippen LogP contribution in [0.3, 0.4) is 0 Å². The van der Waals surface area contributed by atoms with Crippen molar-refractivity contribution in [2.75, 3.05) is 39.3 Å². The first-order valence-corrected chi connectivity index (χ1v) is 10.9. The van der Waals surface area contributed by atoms with Crippen molar-refractivity contribution in [3.63, 3.8) is 0 Å². The van der Waals surface area contributed by atoms with Crippen LogP contribution in [0.5, 0.6) is 0 Å². The molecule has 1 fully saturated rings. The van der Waals surface area contributed by atoms with E-state index < -0.39 is 6.04 Å². The van der Waals surface area contributed by atoms with Gasteiger partial charge in [0.2, 0.25) is 11.8 Å². The van der Waals surface area contributed by atoms with E-state index in [-0.39, 0.29) is 23.5 Å². The van der Waals surface area contributed by atoms with E-state index in [4.69, 9.17) is 4.42 Å². The molecule has 32 heavy (non-hydrogen) atoms. The molecule has 8 heteroatoms. The highest BCUT2D eigenvalue weighted by Gasteiger charge is 2.38. The first-order valence-electron chi connectivity index (χ1n) is 10.9. The molecule has 4 rings (SSSR count). The largest absolute Gasteiger partial charge is 0.459 e. The van der Waals surface area contributed by atoms with Gasteiger partial charge in [0, 0.05) is 45.7 Å². The second-order valence-corrected chi connectivity index (χ2v) is 8.09. The van der Waals surface area contributed by atoms with E-state index in [2.05, 4.69) is 11.9 Å². The zero-order chi connectivity index (χ0) is 22.5. The van der Waals surface area contributed by atoms with Crippen LogP contribution < -0.4 is 5.32 Å². The summed E-state index contributed by atoms with van der Waals surface area (Å²) in [7, 11) is 0. The second-order valence-electron chi connectivity index (χ2n) is 8.09. The summed E-state index contributed by atoms with van der Waals surface area (Å²) in [5, 5.41) is 2.77. The highest BCUT2D eigenvalue weighted by Crippen LogP contribution is 2.26. The highest BCUT2D eigenvalue weighted by atomic mass is 16.3. The number of hydrogen-bond donors (Lipinski definition) is 1. The summed E-state index contributed by atoms with van der Waals surface area (Å²) in [6.07, 6.45) is 3.59.